The van der Waals surface area contributed by atoms with Crippen molar-refractivity contribution >= 4 is 29.5 Å². The van der Waals surface area contributed by atoms with Gasteiger partial charge in [-0.15, -0.1) is 0 Å². The van der Waals surface area contributed by atoms with Crippen molar-refractivity contribution in [1.29, 1.82) is 5.26 Å². The summed E-state index contributed by atoms with van der Waals surface area (Å²) in [6, 6.07) is 7.52. The molecule has 9 nitrogen and oxygen atoms in total. The lowest BCUT2D eigenvalue weighted by Gasteiger charge is -2.25. The molecule has 1 aromatic carbocycles. The van der Waals surface area contributed by atoms with Gasteiger partial charge in [0.15, 0.2) is 6.19 Å². The lowest BCUT2D eigenvalue weighted by molar-refractivity contribution is -0.125. The second-order valence-corrected chi connectivity index (χ2v) is 10.5. The van der Waals surface area contributed by atoms with Crippen LogP contribution in [0.25, 0.3) is 0 Å². The fourth-order valence-corrected chi connectivity index (χ4v) is 4.22. The minimum atomic E-state index is -0.757. The number of nitrogens with one attached hydrogen (secondary N) is 3. The Morgan fingerprint density at radius 1 is 1.32 bits per heavy atom. The summed E-state index contributed by atoms with van der Waals surface area (Å²) in [5.41, 5.74) is 3.15. The molecule has 1 aromatic rings. The average molecular weight is 532 g/mol. The first kappa shape index (κ1) is 30.0. The molecule has 0 spiro atoms. The Hall–Kier alpha value is -3.25. The van der Waals surface area contributed by atoms with Crippen molar-refractivity contribution in [1.82, 2.24) is 21.1 Å². The molecule has 0 saturated carbocycles. The number of allylic oxidation sites excluding steroid dienone is 1. The van der Waals surface area contributed by atoms with E-state index in [1.165, 1.54) is 0 Å². The first-order chi connectivity index (χ1) is 17.6. The zero-order chi connectivity index (χ0) is 27.3. The topological polar surface area (TPSA) is 124 Å². The van der Waals surface area contributed by atoms with Crippen LogP contribution in [0.15, 0.2) is 36.0 Å². The van der Waals surface area contributed by atoms with Crippen molar-refractivity contribution in [3.63, 3.8) is 0 Å². The van der Waals surface area contributed by atoms with Crippen molar-refractivity contribution < 1.29 is 19.1 Å². The number of ether oxygens (including phenoxy) is 1. The second-order valence-electron chi connectivity index (χ2n) is 10.1. The predicted molar refractivity (Wildman–Crippen MR) is 142 cm³/mol. The first-order valence-electron chi connectivity index (χ1n) is 12.8. The zero-order valence-electron chi connectivity index (χ0n) is 21.9. The van der Waals surface area contributed by atoms with Gasteiger partial charge >= 0.3 is 6.09 Å². The van der Waals surface area contributed by atoms with Crippen LogP contribution in [0.5, 0.6) is 0 Å². The third kappa shape index (κ3) is 11.1. The number of unbranched alkanes of at least 4 members (excludes halogenated alkanes) is 4. The number of nitrogens with zero attached hydrogens (tertiary/aromatic N) is 2. The number of rotatable bonds is 14. The van der Waals surface area contributed by atoms with E-state index in [0.717, 1.165) is 36.3 Å². The van der Waals surface area contributed by atoms with Crippen molar-refractivity contribution in [3.05, 3.63) is 46.6 Å². The van der Waals surface area contributed by atoms with Gasteiger partial charge in [-0.25, -0.2) is 9.80 Å². The van der Waals surface area contributed by atoms with E-state index in [9.17, 15) is 19.6 Å². The van der Waals surface area contributed by atoms with Crippen molar-refractivity contribution in [2.75, 3.05) is 19.7 Å². The zero-order valence-corrected chi connectivity index (χ0v) is 22.7. The van der Waals surface area contributed by atoms with Crippen LogP contribution in [-0.4, -0.2) is 42.6 Å². The highest BCUT2D eigenvalue weighted by Gasteiger charge is 2.28. The van der Waals surface area contributed by atoms with E-state index in [1.54, 1.807) is 12.1 Å². The first-order valence-corrected chi connectivity index (χ1v) is 13.2. The molecule has 1 fully saturated rings. The number of alkyl carbamates (subject to hydrolysis) is 1. The van der Waals surface area contributed by atoms with Crippen LogP contribution in [0.4, 0.5) is 4.79 Å². The second kappa shape index (κ2) is 15.1. The molecule has 1 heterocycles. The van der Waals surface area contributed by atoms with E-state index in [4.69, 9.17) is 16.3 Å². The maximum Gasteiger partial charge on any atom is 0.411 e. The van der Waals surface area contributed by atoms with Gasteiger partial charge in [0.1, 0.15) is 5.70 Å². The molecule has 3 N–H and O–H groups in total. The Kier molecular flexibility index (Phi) is 12.2. The van der Waals surface area contributed by atoms with Crippen molar-refractivity contribution in [2.24, 2.45) is 11.3 Å². The third-order valence-electron chi connectivity index (χ3n) is 5.98. The summed E-state index contributed by atoms with van der Waals surface area (Å²) >= 11 is 6.08. The van der Waals surface area contributed by atoms with Gasteiger partial charge in [0.25, 0.3) is 5.91 Å². The molecular formula is C27H38ClN5O4. The van der Waals surface area contributed by atoms with Crippen LogP contribution >= 0.6 is 11.6 Å². The van der Waals surface area contributed by atoms with E-state index in [0.29, 0.717) is 30.8 Å². The Morgan fingerprint density at radius 3 is 2.76 bits per heavy atom. The Balaban J connectivity index is 1.98. The quantitative estimate of drug-likeness (QED) is 0.107. The molecule has 1 saturated heterocycles. The molecule has 0 aromatic heterocycles. The SMILES string of the molecule is CCCCCC/C=C(/NC(=O)OCC(C)(C)Cc1cccc(Cl)c1)C(=O)NN(C#N)CC1CCNC1=O. The summed E-state index contributed by atoms with van der Waals surface area (Å²) in [6.07, 6.45) is 8.61. The highest BCUT2D eigenvalue weighted by molar-refractivity contribution is 6.30. The van der Waals surface area contributed by atoms with Crippen LogP contribution < -0.4 is 16.1 Å². The molecule has 1 unspecified atom stereocenters. The number of carbonyl (C=O) groups is 3. The number of halogens is 1. The molecule has 1 atom stereocenters. The predicted octanol–water partition coefficient (Wildman–Crippen LogP) is 4.44. The smallest absolute Gasteiger partial charge is 0.411 e. The standard InChI is InChI=1S/C27H38ClN5O4/c1-4-5-6-7-8-12-23(25(35)32-33(19-29)17-21-13-14-30-24(21)34)31-26(36)37-18-27(2,3)16-20-10-9-11-22(28)15-20/h9-12,15,21H,4-8,13-14,16-18H2,1-3H3,(H,30,34)(H,31,36)(H,32,35)/b23-12+. The molecule has 10 heteroatoms. The maximum absolute atomic E-state index is 12.9. The molecule has 37 heavy (non-hydrogen) atoms. The summed E-state index contributed by atoms with van der Waals surface area (Å²) in [6.45, 7) is 6.78. The molecule has 0 aliphatic carbocycles. The fraction of sp³-hybridized carbons (Fsp3) is 0.556. The molecule has 202 valence electrons. The largest absolute Gasteiger partial charge is 0.449 e. The van der Waals surface area contributed by atoms with Crippen molar-refractivity contribution in [2.45, 2.75) is 65.7 Å². The minimum absolute atomic E-state index is 0.00488. The summed E-state index contributed by atoms with van der Waals surface area (Å²) < 4.78 is 5.45. The summed E-state index contributed by atoms with van der Waals surface area (Å²) in [5.74, 6) is -1.19. The third-order valence-corrected chi connectivity index (χ3v) is 6.21. The van der Waals surface area contributed by atoms with Gasteiger partial charge in [-0.3, -0.25) is 20.3 Å². The number of benzene rings is 1. The average Bonchev–Trinajstić information content (AvgIpc) is 3.25. The molecule has 1 aliphatic heterocycles. The van der Waals surface area contributed by atoms with Crippen molar-refractivity contribution in [3.8, 4) is 6.19 Å². The van der Waals surface area contributed by atoms with E-state index < -0.39 is 12.0 Å². The van der Waals surface area contributed by atoms with Gasteiger partial charge in [-0.1, -0.05) is 69.8 Å². The lowest BCUT2D eigenvalue weighted by atomic mass is 9.87. The minimum Gasteiger partial charge on any atom is -0.449 e. The van der Waals surface area contributed by atoms with Gasteiger partial charge in [-0.2, -0.15) is 5.26 Å². The fourth-order valence-electron chi connectivity index (χ4n) is 4.01. The van der Waals surface area contributed by atoms with Gasteiger partial charge < -0.3 is 10.1 Å². The summed E-state index contributed by atoms with van der Waals surface area (Å²) in [7, 11) is 0. The lowest BCUT2D eigenvalue weighted by Crippen LogP contribution is -2.46. The molecule has 3 amide bonds. The Bertz CT molecular complexity index is 1000. The highest BCUT2D eigenvalue weighted by Crippen LogP contribution is 2.24. The molecule has 0 radical (unpaired) electrons. The Morgan fingerprint density at radius 2 is 2.11 bits per heavy atom. The van der Waals surface area contributed by atoms with E-state index in [-0.39, 0.29) is 36.1 Å². The highest BCUT2D eigenvalue weighted by atomic mass is 35.5. The van der Waals surface area contributed by atoms with Gasteiger partial charge in [-0.05, 0) is 43.4 Å². The molecular weight excluding hydrogens is 494 g/mol. The van der Waals surface area contributed by atoms with Crippen LogP contribution in [0.3, 0.4) is 0 Å². The number of amides is 3. The Labute approximate surface area is 224 Å². The molecule has 2 rings (SSSR count). The number of carbonyl (C=O) groups excluding carboxylic acids is 3. The summed E-state index contributed by atoms with van der Waals surface area (Å²) in [5, 5.41) is 16.4. The number of hydrazine groups is 1. The summed E-state index contributed by atoms with van der Waals surface area (Å²) in [4.78, 5) is 37.4. The van der Waals surface area contributed by atoms with Crippen LogP contribution in [-0.2, 0) is 20.7 Å². The van der Waals surface area contributed by atoms with Gasteiger partial charge in [0, 0.05) is 17.0 Å². The molecule has 1 aliphatic rings. The normalized spacial score (nSPS) is 15.5. The van der Waals surface area contributed by atoms with Crippen LogP contribution in [0.2, 0.25) is 5.02 Å². The number of hydrogen-bond acceptors (Lipinski definition) is 6. The number of nitriles is 1. The van der Waals surface area contributed by atoms with E-state index in [2.05, 4.69) is 23.0 Å². The van der Waals surface area contributed by atoms with Gasteiger partial charge in [0.05, 0.1) is 19.1 Å². The van der Waals surface area contributed by atoms with E-state index >= 15 is 0 Å². The van der Waals surface area contributed by atoms with E-state index in [1.807, 2.05) is 38.2 Å². The van der Waals surface area contributed by atoms with Crippen LogP contribution in [0, 0.1) is 22.8 Å². The monoisotopic (exact) mass is 531 g/mol. The van der Waals surface area contributed by atoms with Gasteiger partial charge in [0.2, 0.25) is 5.91 Å². The maximum atomic E-state index is 12.9. The molecule has 0 bridgehead atoms. The van der Waals surface area contributed by atoms with Crippen LogP contribution in [0.1, 0.15) is 64.9 Å². The number of hydrogen-bond donors (Lipinski definition) is 3.